The lowest BCUT2D eigenvalue weighted by atomic mass is 9.96. The monoisotopic (exact) mass is 238 g/mol. The Kier molecular flexibility index (Phi) is 3.80. The maximum Gasteiger partial charge on any atom is 0.242 e. The lowest BCUT2D eigenvalue weighted by Gasteiger charge is -2.20. The summed E-state index contributed by atoms with van der Waals surface area (Å²) in [6, 6.07) is 0.254. The third kappa shape index (κ3) is 3.22. The highest BCUT2D eigenvalue weighted by atomic mass is 16.5. The molecule has 1 heterocycles. The first-order valence-electron chi connectivity index (χ1n) is 5.74. The van der Waals surface area contributed by atoms with Crippen LogP contribution in [0.15, 0.2) is 0 Å². The molecule has 0 spiro atoms. The maximum atomic E-state index is 5.94. The molecule has 0 radical (unpaired) electrons. The molecule has 0 aliphatic carbocycles. The smallest absolute Gasteiger partial charge is 0.242 e. The van der Waals surface area contributed by atoms with Crippen molar-refractivity contribution in [3.8, 4) is 5.88 Å². The van der Waals surface area contributed by atoms with Gasteiger partial charge in [-0.25, -0.2) is 4.98 Å². The fraction of sp³-hybridized carbons (Fsp3) is 0.667. The van der Waals surface area contributed by atoms with Gasteiger partial charge >= 0.3 is 0 Å². The van der Waals surface area contributed by atoms with Crippen molar-refractivity contribution in [2.24, 2.45) is 0 Å². The van der Waals surface area contributed by atoms with Crippen molar-refractivity contribution in [1.29, 1.82) is 0 Å². The summed E-state index contributed by atoms with van der Waals surface area (Å²) in [7, 11) is 1.56. The van der Waals surface area contributed by atoms with Crippen LogP contribution in [0.4, 0.5) is 11.5 Å². The predicted molar refractivity (Wildman–Crippen MR) is 70.5 cm³/mol. The number of methoxy groups -OCH3 is 1. The molecule has 5 heteroatoms. The lowest BCUT2D eigenvalue weighted by molar-refractivity contribution is 0.391. The van der Waals surface area contributed by atoms with E-state index >= 15 is 0 Å². The Morgan fingerprint density at radius 2 is 1.82 bits per heavy atom. The van der Waals surface area contributed by atoms with Crippen LogP contribution in [0, 0.1) is 0 Å². The molecule has 0 saturated carbocycles. The quantitative estimate of drug-likeness (QED) is 0.844. The normalized spacial score (nSPS) is 11.7. The summed E-state index contributed by atoms with van der Waals surface area (Å²) in [6.07, 6.45) is 0. The van der Waals surface area contributed by atoms with Gasteiger partial charge in [-0.05, 0) is 13.8 Å². The zero-order valence-corrected chi connectivity index (χ0v) is 11.5. The number of aromatic nitrogens is 2. The highest BCUT2D eigenvalue weighted by molar-refractivity contribution is 5.67. The molecule has 0 saturated heterocycles. The summed E-state index contributed by atoms with van der Waals surface area (Å²) in [6.45, 7) is 10.2. The Morgan fingerprint density at radius 1 is 1.24 bits per heavy atom. The molecule has 1 aromatic rings. The van der Waals surface area contributed by atoms with Crippen molar-refractivity contribution >= 4 is 11.5 Å². The van der Waals surface area contributed by atoms with Crippen LogP contribution >= 0.6 is 0 Å². The SMILES string of the molecule is COc1nc(C(C)(C)C)nc(NC(C)C)c1N. The predicted octanol–water partition coefficient (Wildman–Crippen LogP) is 2.19. The number of hydrogen-bond acceptors (Lipinski definition) is 5. The second-order valence-electron chi connectivity index (χ2n) is 5.37. The Hall–Kier alpha value is -1.52. The molecular weight excluding hydrogens is 216 g/mol. The van der Waals surface area contributed by atoms with Crippen molar-refractivity contribution in [2.75, 3.05) is 18.2 Å². The van der Waals surface area contributed by atoms with Gasteiger partial charge in [-0.2, -0.15) is 4.98 Å². The molecule has 0 amide bonds. The first kappa shape index (κ1) is 13.5. The number of rotatable bonds is 3. The van der Waals surface area contributed by atoms with E-state index < -0.39 is 0 Å². The summed E-state index contributed by atoms with van der Waals surface area (Å²) in [5.74, 6) is 1.77. The minimum absolute atomic E-state index is 0.144. The number of hydrogen-bond donors (Lipinski definition) is 2. The van der Waals surface area contributed by atoms with Crippen LogP contribution in [-0.2, 0) is 5.41 Å². The highest BCUT2D eigenvalue weighted by Crippen LogP contribution is 2.30. The van der Waals surface area contributed by atoms with Gasteiger partial charge < -0.3 is 15.8 Å². The number of nitrogens with zero attached hydrogens (tertiary/aromatic N) is 2. The van der Waals surface area contributed by atoms with Crippen LogP contribution in [0.3, 0.4) is 0 Å². The van der Waals surface area contributed by atoms with Gasteiger partial charge in [0.2, 0.25) is 5.88 Å². The van der Waals surface area contributed by atoms with E-state index in [1.165, 1.54) is 0 Å². The molecule has 96 valence electrons. The Labute approximate surface area is 103 Å². The van der Waals surface area contributed by atoms with Gasteiger partial charge in [0.25, 0.3) is 0 Å². The van der Waals surface area contributed by atoms with E-state index in [1.54, 1.807) is 7.11 Å². The van der Waals surface area contributed by atoms with Gasteiger partial charge in [0.05, 0.1) is 7.11 Å². The van der Waals surface area contributed by atoms with E-state index in [9.17, 15) is 0 Å². The highest BCUT2D eigenvalue weighted by Gasteiger charge is 2.22. The minimum atomic E-state index is -0.144. The van der Waals surface area contributed by atoms with E-state index in [4.69, 9.17) is 10.5 Å². The number of nitrogens with one attached hydrogen (secondary N) is 1. The number of anilines is 2. The van der Waals surface area contributed by atoms with Gasteiger partial charge in [-0.15, -0.1) is 0 Å². The standard InChI is InChI=1S/C12H22N4O/c1-7(2)14-9-8(13)10(17-6)16-11(15-9)12(3,4)5/h7H,13H2,1-6H3,(H,14,15,16). The Morgan fingerprint density at radius 3 is 2.24 bits per heavy atom. The Bertz CT molecular complexity index is 396. The van der Waals surface area contributed by atoms with Crippen LogP contribution < -0.4 is 15.8 Å². The maximum absolute atomic E-state index is 5.94. The summed E-state index contributed by atoms with van der Waals surface area (Å²) < 4.78 is 5.19. The second-order valence-corrected chi connectivity index (χ2v) is 5.37. The third-order valence-corrected chi connectivity index (χ3v) is 2.20. The van der Waals surface area contributed by atoms with Crippen LogP contribution in [-0.4, -0.2) is 23.1 Å². The molecule has 5 nitrogen and oxygen atoms in total. The summed E-state index contributed by atoms with van der Waals surface area (Å²) in [5, 5.41) is 3.20. The molecule has 0 bridgehead atoms. The first-order chi connectivity index (χ1) is 7.75. The van der Waals surface area contributed by atoms with E-state index in [0.29, 0.717) is 23.2 Å². The largest absolute Gasteiger partial charge is 0.479 e. The van der Waals surface area contributed by atoms with Gasteiger partial charge in [-0.1, -0.05) is 20.8 Å². The Balaban J connectivity index is 3.28. The molecule has 17 heavy (non-hydrogen) atoms. The fourth-order valence-electron chi connectivity index (χ4n) is 1.32. The van der Waals surface area contributed by atoms with Crippen molar-refractivity contribution in [3.05, 3.63) is 5.82 Å². The number of nitrogen functional groups attached to an aromatic ring is 1. The van der Waals surface area contributed by atoms with E-state index in [-0.39, 0.29) is 11.5 Å². The molecule has 3 N–H and O–H groups in total. The lowest BCUT2D eigenvalue weighted by Crippen LogP contribution is -2.21. The van der Waals surface area contributed by atoms with E-state index in [1.807, 2.05) is 13.8 Å². The van der Waals surface area contributed by atoms with Gasteiger partial charge in [0.15, 0.2) is 5.82 Å². The topological polar surface area (TPSA) is 73.1 Å². The van der Waals surface area contributed by atoms with Crippen LogP contribution in [0.25, 0.3) is 0 Å². The molecule has 1 rings (SSSR count). The van der Waals surface area contributed by atoms with Crippen molar-refractivity contribution in [2.45, 2.75) is 46.1 Å². The van der Waals surface area contributed by atoms with Crippen LogP contribution in [0.5, 0.6) is 5.88 Å². The molecule has 0 unspecified atom stereocenters. The van der Waals surface area contributed by atoms with Crippen LogP contribution in [0.2, 0.25) is 0 Å². The van der Waals surface area contributed by atoms with E-state index in [0.717, 1.165) is 0 Å². The van der Waals surface area contributed by atoms with Gasteiger partial charge in [0.1, 0.15) is 11.5 Å². The third-order valence-electron chi connectivity index (χ3n) is 2.20. The minimum Gasteiger partial charge on any atom is -0.479 e. The average molecular weight is 238 g/mol. The van der Waals surface area contributed by atoms with Gasteiger partial charge in [0, 0.05) is 11.5 Å². The summed E-state index contributed by atoms with van der Waals surface area (Å²) in [5.41, 5.74) is 6.25. The van der Waals surface area contributed by atoms with Crippen molar-refractivity contribution < 1.29 is 4.74 Å². The summed E-state index contributed by atoms with van der Waals surface area (Å²) >= 11 is 0. The molecule has 0 aliphatic heterocycles. The molecular formula is C12H22N4O. The number of ether oxygens (including phenoxy) is 1. The van der Waals surface area contributed by atoms with E-state index in [2.05, 4.69) is 36.1 Å². The van der Waals surface area contributed by atoms with Crippen molar-refractivity contribution in [1.82, 2.24) is 9.97 Å². The van der Waals surface area contributed by atoms with Crippen molar-refractivity contribution in [3.63, 3.8) is 0 Å². The molecule has 0 fully saturated rings. The summed E-state index contributed by atoms with van der Waals surface area (Å²) in [4.78, 5) is 8.80. The zero-order chi connectivity index (χ0) is 13.2. The van der Waals surface area contributed by atoms with Crippen LogP contribution in [0.1, 0.15) is 40.4 Å². The van der Waals surface area contributed by atoms with Gasteiger partial charge in [-0.3, -0.25) is 0 Å². The first-order valence-corrected chi connectivity index (χ1v) is 5.74. The molecule has 0 aliphatic rings. The molecule has 0 aromatic carbocycles. The second kappa shape index (κ2) is 4.77. The zero-order valence-electron chi connectivity index (χ0n) is 11.5. The average Bonchev–Trinajstić information content (AvgIpc) is 2.18. The molecule has 0 atom stereocenters. The fourth-order valence-corrected chi connectivity index (χ4v) is 1.32. The number of nitrogens with two attached hydrogens (primary N) is 1. The molecule has 1 aromatic heterocycles.